The Morgan fingerprint density at radius 1 is 1.15 bits per heavy atom. The van der Waals surface area contributed by atoms with Crippen LogP contribution in [0.2, 0.25) is 0 Å². The van der Waals surface area contributed by atoms with Crippen molar-refractivity contribution in [3.63, 3.8) is 0 Å². The van der Waals surface area contributed by atoms with E-state index in [2.05, 4.69) is 9.80 Å². The molecule has 3 fully saturated rings. The van der Waals surface area contributed by atoms with E-state index in [1.807, 2.05) is 6.07 Å². The average Bonchev–Trinajstić information content (AvgIpc) is 3.24. The number of hydrogen-bond donors (Lipinski definition) is 1. The second kappa shape index (κ2) is 6.77. The number of carbonyl (C=O) groups excluding carboxylic acids is 1. The monoisotopic (exact) mass is 368 g/mol. The summed E-state index contributed by atoms with van der Waals surface area (Å²) >= 11 is 0. The molecule has 4 aliphatic rings. The van der Waals surface area contributed by atoms with Gasteiger partial charge in [-0.3, -0.25) is 4.79 Å². The molecular formula is C22H32N4O. The molecule has 146 valence electrons. The van der Waals surface area contributed by atoms with Crippen LogP contribution in [-0.4, -0.2) is 48.5 Å². The number of anilines is 1. The van der Waals surface area contributed by atoms with Crippen LogP contribution in [0.1, 0.15) is 66.6 Å². The molecule has 2 aliphatic heterocycles. The molecule has 5 nitrogen and oxygen atoms in total. The Bertz CT molecular complexity index is 744. The maximum Gasteiger partial charge on any atom is 0.252 e. The Hall–Kier alpha value is -1.62. The van der Waals surface area contributed by atoms with E-state index in [9.17, 15) is 4.79 Å². The summed E-state index contributed by atoms with van der Waals surface area (Å²) in [5.74, 6) is 1.47. The van der Waals surface area contributed by atoms with Crippen molar-refractivity contribution in [2.75, 3.05) is 37.6 Å². The summed E-state index contributed by atoms with van der Waals surface area (Å²) in [7, 11) is 0. The fourth-order valence-electron chi connectivity index (χ4n) is 5.84. The summed E-state index contributed by atoms with van der Waals surface area (Å²) in [5.41, 5.74) is 9.15. The summed E-state index contributed by atoms with van der Waals surface area (Å²) in [6.45, 7) is 5.81. The van der Waals surface area contributed by atoms with Crippen LogP contribution in [0.5, 0.6) is 0 Å². The largest absolute Gasteiger partial charge is 0.365 e. The summed E-state index contributed by atoms with van der Waals surface area (Å²) in [5, 5.41) is 0. The molecule has 5 heteroatoms. The molecule has 2 N–H and O–H groups in total. The Morgan fingerprint density at radius 3 is 2.81 bits per heavy atom. The molecule has 27 heavy (non-hydrogen) atoms. The number of carbonyl (C=O) groups is 1. The second-order valence-electron chi connectivity index (χ2n) is 9.49. The molecular weight excluding hydrogens is 336 g/mol. The van der Waals surface area contributed by atoms with E-state index in [0.29, 0.717) is 11.0 Å². The first kappa shape index (κ1) is 17.5. The molecule has 0 radical (unpaired) electrons. The van der Waals surface area contributed by atoms with Crippen LogP contribution in [0.25, 0.3) is 0 Å². The van der Waals surface area contributed by atoms with Crippen molar-refractivity contribution < 1.29 is 4.79 Å². The highest BCUT2D eigenvalue weighted by atomic mass is 16.1. The van der Waals surface area contributed by atoms with Gasteiger partial charge in [-0.25, -0.2) is 4.98 Å². The quantitative estimate of drug-likeness (QED) is 0.888. The van der Waals surface area contributed by atoms with E-state index >= 15 is 0 Å². The third-order valence-corrected chi connectivity index (χ3v) is 7.52. The number of pyridine rings is 1. The summed E-state index contributed by atoms with van der Waals surface area (Å²) in [4.78, 5) is 22.1. The van der Waals surface area contributed by atoms with Crippen molar-refractivity contribution in [3.05, 3.63) is 22.9 Å². The molecule has 0 aromatic carbocycles. The van der Waals surface area contributed by atoms with Crippen molar-refractivity contribution in [2.24, 2.45) is 17.1 Å². The van der Waals surface area contributed by atoms with Gasteiger partial charge in [0.25, 0.3) is 5.91 Å². The maximum atomic E-state index is 12.1. The van der Waals surface area contributed by atoms with E-state index in [1.165, 1.54) is 69.4 Å². The number of rotatable bonds is 4. The van der Waals surface area contributed by atoms with Crippen LogP contribution in [0, 0.1) is 11.3 Å². The highest BCUT2D eigenvalue weighted by molar-refractivity contribution is 5.98. The summed E-state index contributed by atoms with van der Waals surface area (Å²) in [6.07, 6.45) is 11.3. The van der Waals surface area contributed by atoms with Crippen LogP contribution < -0.4 is 10.6 Å². The molecule has 1 aromatic rings. The van der Waals surface area contributed by atoms with Crippen LogP contribution in [0.15, 0.2) is 6.07 Å². The lowest BCUT2D eigenvalue weighted by Crippen LogP contribution is -2.47. The fraction of sp³-hybridized carbons (Fsp3) is 0.727. The zero-order chi connectivity index (χ0) is 18.4. The van der Waals surface area contributed by atoms with E-state index in [4.69, 9.17) is 10.7 Å². The van der Waals surface area contributed by atoms with Gasteiger partial charge in [0.15, 0.2) is 0 Å². The molecule has 5 rings (SSSR count). The van der Waals surface area contributed by atoms with Gasteiger partial charge in [0.1, 0.15) is 5.82 Å². The molecule has 2 saturated heterocycles. The third kappa shape index (κ3) is 3.24. The minimum absolute atomic E-state index is 0.330. The van der Waals surface area contributed by atoms with Gasteiger partial charge in [-0.15, -0.1) is 0 Å². The number of fused-ring (bicyclic) bond motifs is 1. The van der Waals surface area contributed by atoms with Crippen LogP contribution in [-0.2, 0) is 12.8 Å². The normalized spacial score (nSPS) is 28.5. The van der Waals surface area contributed by atoms with Gasteiger partial charge in [0, 0.05) is 37.3 Å². The van der Waals surface area contributed by atoms with Gasteiger partial charge in [-0.2, -0.15) is 0 Å². The van der Waals surface area contributed by atoms with Crippen molar-refractivity contribution in [2.45, 2.75) is 57.8 Å². The molecule has 1 saturated carbocycles. The van der Waals surface area contributed by atoms with Crippen molar-refractivity contribution in [1.82, 2.24) is 9.88 Å². The van der Waals surface area contributed by atoms with Gasteiger partial charge < -0.3 is 15.5 Å². The smallest absolute Gasteiger partial charge is 0.252 e. The molecule has 1 aromatic heterocycles. The van der Waals surface area contributed by atoms with Gasteiger partial charge in [0.05, 0.1) is 5.56 Å². The van der Waals surface area contributed by atoms with E-state index in [1.54, 1.807) is 0 Å². The molecule has 1 spiro atoms. The number of piperidine rings is 1. The Balaban J connectivity index is 1.35. The average molecular weight is 369 g/mol. The van der Waals surface area contributed by atoms with Crippen LogP contribution >= 0.6 is 0 Å². The lowest BCUT2D eigenvalue weighted by Gasteiger charge is -2.43. The first-order valence-electron chi connectivity index (χ1n) is 10.9. The van der Waals surface area contributed by atoms with Crippen molar-refractivity contribution in [3.8, 4) is 0 Å². The standard InChI is InChI=1S/C22H32N4O/c23-20(27)18-12-17-6-2-7-19(17)24-21(18)26-11-9-22(15-26)8-3-10-25(14-22)13-16-4-1-5-16/h12,16H,1-11,13-15H2,(H2,23,27)/t22-/m0/s1. The number of hydrogen-bond acceptors (Lipinski definition) is 4. The molecule has 0 bridgehead atoms. The number of likely N-dealkylation sites (tertiary alicyclic amines) is 1. The Morgan fingerprint density at radius 2 is 2.04 bits per heavy atom. The van der Waals surface area contributed by atoms with E-state index < -0.39 is 0 Å². The van der Waals surface area contributed by atoms with Crippen LogP contribution in [0.4, 0.5) is 5.82 Å². The molecule has 1 atom stereocenters. The van der Waals surface area contributed by atoms with E-state index in [-0.39, 0.29) is 5.91 Å². The lowest BCUT2D eigenvalue weighted by molar-refractivity contribution is 0.0759. The van der Waals surface area contributed by atoms with E-state index in [0.717, 1.165) is 44.1 Å². The van der Waals surface area contributed by atoms with Crippen molar-refractivity contribution >= 4 is 11.7 Å². The zero-order valence-electron chi connectivity index (χ0n) is 16.4. The SMILES string of the molecule is NC(=O)c1cc2c(nc1N1CC[C@]3(CCCN(CC4CCC4)C3)C1)CCC2. The molecule has 3 heterocycles. The fourth-order valence-corrected chi connectivity index (χ4v) is 5.84. The number of nitrogens with zero attached hydrogens (tertiary/aromatic N) is 3. The minimum Gasteiger partial charge on any atom is -0.365 e. The van der Waals surface area contributed by atoms with Gasteiger partial charge in [-0.1, -0.05) is 6.42 Å². The number of aryl methyl sites for hydroxylation is 2. The molecule has 0 unspecified atom stereocenters. The number of aromatic nitrogens is 1. The van der Waals surface area contributed by atoms with Gasteiger partial charge in [0.2, 0.25) is 0 Å². The molecule has 1 amide bonds. The first-order chi connectivity index (χ1) is 13.1. The maximum absolute atomic E-state index is 12.1. The first-order valence-corrected chi connectivity index (χ1v) is 10.9. The summed E-state index contributed by atoms with van der Waals surface area (Å²) in [6, 6.07) is 2.03. The predicted molar refractivity (Wildman–Crippen MR) is 107 cm³/mol. The van der Waals surface area contributed by atoms with Gasteiger partial charge in [-0.05, 0) is 75.5 Å². The highest BCUT2D eigenvalue weighted by Crippen LogP contribution is 2.42. The molecule has 2 aliphatic carbocycles. The lowest BCUT2D eigenvalue weighted by atomic mass is 9.78. The minimum atomic E-state index is -0.330. The summed E-state index contributed by atoms with van der Waals surface area (Å²) < 4.78 is 0. The Kier molecular flexibility index (Phi) is 4.38. The highest BCUT2D eigenvalue weighted by Gasteiger charge is 2.43. The topological polar surface area (TPSA) is 62.5 Å². The number of nitrogens with two attached hydrogens (primary N) is 1. The predicted octanol–water partition coefficient (Wildman–Crippen LogP) is 2.76. The van der Waals surface area contributed by atoms with Crippen molar-refractivity contribution in [1.29, 1.82) is 0 Å². The zero-order valence-corrected chi connectivity index (χ0v) is 16.4. The van der Waals surface area contributed by atoms with Crippen LogP contribution in [0.3, 0.4) is 0 Å². The Labute approximate surface area is 162 Å². The van der Waals surface area contributed by atoms with Gasteiger partial charge >= 0.3 is 0 Å². The second-order valence-corrected chi connectivity index (χ2v) is 9.49. The third-order valence-electron chi connectivity index (χ3n) is 7.52. The number of amides is 1. The number of primary amides is 1.